The number of nitrogens with zero attached hydrogens (tertiary/aromatic N) is 2. The van der Waals surface area contributed by atoms with Crippen LogP contribution in [0.2, 0.25) is 0 Å². The minimum atomic E-state index is 1.16. The minimum absolute atomic E-state index is 1.16. The van der Waals surface area contributed by atoms with Crippen molar-refractivity contribution in [3.8, 4) is 67.0 Å². The predicted molar refractivity (Wildman–Crippen MR) is 236 cm³/mol. The van der Waals surface area contributed by atoms with E-state index in [0.29, 0.717) is 0 Å². The smallest absolute Gasteiger partial charge is 0.0547 e. The molecule has 0 radical (unpaired) electrons. The number of para-hydroxylation sites is 3. The topological polar surface area (TPSA) is 9.86 Å². The van der Waals surface area contributed by atoms with Gasteiger partial charge in [0.1, 0.15) is 0 Å². The van der Waals surface area contributed by atoms with Gasteiger partial charge < -0.3 is 9.13 Å². The molecule has 1 aliphatic carbocycles. The predicted octanol–water partition coefficient (Wildman–Crippen LogP) is 14.5. The van der Waals surface area contributed by atoms with Gasteiger partial charge in [0, 0.05) is 32.8 Å². The highest BCUT2D eigenvalue weighted by molar-refractivity contribution is 6.13. The Balaban J connectivity index is 1.19. The maximum absolute atomic E-state index is 2.50. The molecule has 0 unspecified atom stereocenters. The van der Waals surface area contributed by atoms with Crippen LogP contribution < -0.4 is 0 Å². The van der Waals surface area contributed by atoms with E-state index in [1.54, 1.807) is 0 Å². The summed E-state index contributed by atoms with van der Waals surface area (Å²) in [6.45, 7) is 0. The highest BCUT2D eigenvalue weighted by Crippen LogP contribution is 2.50. The normalized spacial score (nSPS) is 11.9. The first-order chi connectivity index (χ1) is 27.8. The SMILES string of the molecule is c1ccc(-c2cc3c(cc2-n2c4ccccc4c4cc(-n5c6ccccc6c6ccccc65)ccc42)-c2ccccc2-c2ccccc2-c2ccccc2-3)cc1. The summed E-state index contributed by atoms with van der Waals surface area (Å²) >= 11 is 0. The number of aromatic nitrogens is 2. The molecule has 11 aromatic rings. The molecule has 260 valence electrons. The molecule has 0 amide bonds. The molecule has 56 heavy (non-hydrogen) atoms. The summed E-state index contributed by atoms with van der Waals surface area (Å²) in [7, 11) is 0. The first-order valence-electron chi connectivity index (χ1n) is 19.4. The van der Waals surface area contributed by atoms with Crippen molar-refractivity contribution in [1.82, 2.24) is 9.13 Å². The van der Waals surface area contributed by atoms with Crippen molar-refractivity contribution in [1.29, 1.82) is 0 Å². The minimum Gasteiger partial charge on any atom is -0.309 e. The fraction of sp³-hybridized carbons (Fsp3) is 0. The van der Waals surface area contributed by atoms with Gasteiger partial charge in [0.15, 0.2) is 0 Å². The molecule has 12 rings (SSSR count). The van der Waals surface area contributed by atoms with Gasteiger partial charge in [-0.3, -0.25) is 0 Å². The van der Waals surface area contributed by atoms with Gasteiger partial charge in [-0.25, -0.2) is 0 Å². The zero-order chi connectivity index (χ0) is 36.7. The van der Waals surface area contributed by atoms with Gasteiger partial charge in [0.25, 0.3) is 0 Å². The van der Waals surface area contributed by atoms with Crippen molar-refractivity contribution in [2.45, 2.75) is 0 Å². The monoisotopic (exact) mass is 710 g/mol. The second-order valence-corrected chi connectivity index (χ2v) is 14.8. The molecule has 0 fully saturated rings. The Labute approximate surface area is 324 Å². The highest BCUT2D eigenvalue weighted by atomic mass is 15.0. The standard InChI is InChI=1S/C54H34N2/c1-2-16-35(17-3-1)46-33-47-41-22-8-6-20-39(41)37-18-4-5-19-38(37)40-21-7-9-23-42(40)48(47)34-54(46)56-52-29-15-12-26-45(52)49-32-36(30-31-53(49)56)55-50-27-13-10-24-43(50)44-25-11-14-28-51(44)55/h1-34H. The molecule has 1 aliphatic rings. The van der Waals surface area contributed by atoms with Crippen molar-refractivity contribution < 1.29 is 0 Å². The Morgan fingerprint density at radius 1 is 0.232 bits per heavy atom. The Hall–Kier alpha value is -7.42. The Kier molecular flexibility index (Phi) is 6.66. The van der Waals surface area contributed by atoms with Crippen LogP contribution in [0.5, 0.6) is 0 Å². The fourth-order valence-corrected chi connectivity index (χ4v) is 9.49. The molecule has 0 N–H and O–H groups in total. The first kappa shape index (κ1) is 31.0. The van der Waals surface area contributed by atoms with E-state index < -0.39 is 0 Å². The number of hydrogen-bond donors (Lipinski definition) is 0. The van der Waals surface area contributed by atoms with Crippen LogP contribution in [0.4, 0.5) is 0 Å². The zero-order valence-electron chi connectivity index (χ0n) is 30.5. The van der Waals surface area contributed by atoms with Crippen molar-refractivity contribution in [3.05, 3.63) is 206 Å². The van der Waals surface area contributed by atoms with E-state index in [4.69, 9.17) is 0 Å². The van der Waals surface area contributed by atoms with Crippen LogP contribution in [0.25, 0.3) is 111 Å². The molecule has 2 heterocycles. The molecular weight excluding hydrogens is 677 g/mol. The van der Waals surface area contributed by atoms with Crippen LogP contribution >= 0.6 is 0 Å². The maximum Gasteiger partial charge on any atom is 0.0547 e. The molecule has 2 aromatic heterocycles. The average molecular weight is 711 g/mol. The average Bonchev–Trinajstić information content (AvgIpc) is 3.78. The van der Waals surface area contributed by atoms with E-state index in [9.17, 15) is 0 Å². The van der Waals surface area contributed by atoms with E-state index in [-0.39, 0.29) is 0 Å². The van der Waals surface area contributed by atoms with Crippen LogP contribution in [-0.2, 0) is 0 Å². The van der Waals surface area contributed by atoms with Gasteiger partial charge in [-0.1, -0.05) is 158 Å². The summed E-state index contributed by atoms with van der Waals surface area (Å²) in [6.07, 6.45) is 0. The van der Waals surface area contributed by atoms with Crippen molar-refractivity contribution in [2.24, 2.45) is 0 Å². The van der Waals surface area contributed by atoms with Crippen LogP contribution in [0.3, 0.4) is 0 Å². The lowest BCUT2D eigenvalue weighted by molar-refractivity contribution is 1.17. The second kappa shape index (κ2) is 12.0. The molecule has 0 atom stereocenters. The largest absolute Gasteiger partial charge is 0.309 e. The summed E-state index contributed by atoms with van der Waals surface area (Å²) in [5.74, 6) is 0. The second-order valence-electron chi connectivity index (χ2n) is 14.8. The number of benzene rings is 9. The molecule has 2 heteroatoms. The maximum atomic E-state index is 2.50. The number of hydrogen-bond acceptors (Lipinski definition) is 0. The van der Waals surface area contributed by atoms with E-state index in [0.717, 1.165) is 11.4 Å². The Bertz CT molecular complexity index is 3310. The van der Waals surface area contributed by atoms with Crippen LogP contribution in [0, 0.1) is 0 Å². The van der Waals surface area contributed by atoms with Gasteiger partial charge in [-0.15, -0.1) is 0 Å². The van der Waals surface area contributed by atoms with E-state index in [1.165, 1.54) is 99.2 Å². The lowest BCUT2D eigenvalue weighted by atomic mass is 9.79. The zero-order valence-corrected chi connectivity index (χ0v) is 30.5. The molecule has 9 aromatic carbocycles. The van der Waals surface area contributed by atoms with E-state index in [2.05, 4.69) is 215 Å². The summed E-state index contributed by atoms with van der Waals surface area (Å²) in [4.78, 5) is 0. The van der Waals surface area contributed by atoms with E-state index in [1.807, 2.05) is 0 Å². The molecule has 0 aliphatic heterocycles. The van der Waals surface area contributed by atoms with Gasteiger partial charge in [0.05, 0.1) is 27.8 Å². The van der Waals surface area contributed by atoms with Crippen molar-refractivity contribution >= 4 is 43.6 Å². The van der Waals surface area contributed by atoms with E-state index >= 15 is 0 Å². The van der Waals surface area contributed by atoms with Crippen LogP contribution in [-0.4, -0.2) is 9.13 Å². The summed E-state index contributed by atoms with van der Waals surface area (Å²) in [5, 5.41) is 4.99. The van der Waals surface area contributed by atoms with Crippen LogP contribution in [0.1, 0.15) is 0 Å². The molecule has 0 saturated carbocycles. The molecule has 0 saturated heterocycles. The summed E-state index contributed by atoms with van der Waals surface area (Å²) in [6, 6.07) is 76.0. The Morgan fingerprint density at radius 3 is 1.16 bits per heavy atom. The van der Waals surface area contributed by atoms with Crippen molar-refractivity contribution in [2.75, 3.05) is 0 Å². The number of fused-ring (bicyclic) bond motifs is 14. The first-order valence-corrected chi connectivity index (χ1v) is 19.4. The van der Waals surface area contributed by atoms with Gasteiger partial charge in [-0.05, 0) is 98.6 Å². The van der Waals surface area contributed by atoms with Gasteiger partial charge in [-0.2, -0.15) is 0 Å². The lowest BCUT2D eigenvalue weighted by Gasteiger charge is -2.25. The summed E-state index contributed by atoms with van der Waals surface area (Å²) in [5.41, 5.74) is 19.4. The highest BCUT2D eigenvalue weighted by Gasteiger charge is 2.25. The fourth-order valence-electron chi connectivity index (χ4n) is 9.49. The number of rotatable bonds is 3. The third-order valence-electron chi connectivity index (χ3n) is 11.9. The van der Waals surface area contributed by atoms with Crippen LogP contribution in [0.15, 0.2) is 206 Å². The summed E-state index contributed by atoms with van der Waals surface area (Å²) < 4.78 is 4.92. The molecule has 2 nitrogen and oxygen atoms in total. The third-order valence-corrected chi connectivity index (χ3v) is 11.9. The quantitative estimate of drug-likeness (QED) is 0.173. The molecule has 0 bridgehead atoms. The third kappa shape index (κ3) is 4.44. The van der Waals surface area contributed by atoms with Gasteiger partial charge >= 0.3 is 0 Å². The molecule has 0 spiro atoms. The Morgan fingerprint density at radius 2 is 0.625 bits per heavy atom. The van der Waals surface area contributed by atoms with Gasteiger partial charge in [0.2, 0.25) is 0 Å². The van der Waals surface area contributed by atoms with Crippen molar-refractivity contribution in [3.63, 3.8) is 0 Å². The lowest BCUT2D eigenvalue weighted by Crippen LogP contribution is -2.02. The molecular formula is C54H34N2.